The molecule has 1 rings (SSSR count). The molecule has 0 aromatic carbocycles. The molecule has 0 atom stereocenters. The topological polar surface area (TPSA) is 56.3 Å². The van der Waals surface area contributed by atoms with Gasteiger partial charge in [0.25, 0.3) is 0 Å². The first kappa shape index (κ1) is 15.9. The largest absolute Gasteiger partial charge is 0.461 e. The number of aromatic nitrogens is 2. The molecular weight excluding hydrogens is 242 g/mol. The highest BCUT2D eigenvalue weighted by Crippen LogP contribution is 2.08. The fourth-order valence-electron chi connectivity index (χ4n) is 1.55. The lowest BCUT2D eigenvalue weighted by Gasteiger charge is -2.09. The summed E-state index contributed by atoms with van der Waals surface area (Å²) in [6, 6.07) is 0.428. The Morgan fingerprint density at radius 2 is 2.00 bits per heavy atom. The summed E-state index contributed by atoms with van der Waals surface area (Å²) in [5.74, 6) is 0. The van der Waals surface area contributed by atoms with Crippen molar-refractivity contribution < 1.29 is 9.47 Å². The summed E-state index contributed by atoms with van der Waals surface area (Å²) in [5, 5.41) is 3.34. The van der Waals surface area contributed by atoms with Crippen LogP contribution in [-0.2, 0) is 11.3 Å². The average Bonchev–Trinajstić information content (AvgIpc) is 2.41. The Balaban J connectivity index is 2.34. The number of nitrogens with zero attached hydrogens (tertiary/aromatic N) is 2. The smallest absolute Gasteiger partial charge is 0.316 e. The number of aryl methyl sites for hydroxylation is 1. The monoisotopic (exact) mass is 267 g/mol. The van der Waals surface area contributed by atoms with E-state index in [-0.39, 0.29) is 0 Å². The van der Waals surface area contributed by atoms with E-state index in [2.05, 4.69) is 29.1 Å². The molecule has 108 valence electrons. The van der Waals surface area contributed by atoms with Crippen molar-refractivity contribution in [3.05, 3.63) is 17.5 Å². The van der Waals surface area contributed by atoms with Gasteiger partial charge in [-0.25, -0.2) is 9.97 Å². The summed E-state index contributed by atoms with van der Waals surface area (Å²) in [6.45, 7) is 9.86. The van der Waals surface area contributed by atoms with Crippen molar-refractivity contribution in [3.8, 4) is 6.01 Å². The lowest BCUT2D eigenvalue weighted by Crippen LogP contribution is -2.16. The first-order valence-corrected chi connectivity index (χ1v) is 7.01. The summed E-state index contributed by atoms with van der Waals surface area (Å²) in [6.07, 6.45) is 3.97. The summed E-state index contributed by atoms with van der Waals surface area (Å²) in [7, 11) is 0. The molecule has 1 N–H and O–H groups in total. The molecule has 5 heteroatoms. The Labute approximate surface area is 115 Å². The van der Waals surface area contributed by atoms with Gasteiger partial charge in [-0.05, 0) is 26.3 Å². The molecule has 0 saturated heterocycles. The molecule has 5 nitrogen and oxygen atoms in total. The molecule has 1 aromatic heterocycles. The number of hydrogen-bond donors (Lipinski definition) is 1. The molecule has 1 aromatic rings. The molecule has 0 unspecified atom stereocenters. The van der Waals surface area contributed by atoms with Crippen molar-refractivity contribution >= 4 is 0 Å². The van der Waals surface area contributed by atoms with E-state index in [0.717, 1.165) is 43.8 Å². The molecule has 0 spiro atoms. The fraction of sp³-hybridized carbons (Fsp3) is 0.714. The van der Waals surface area contributed by atoms with Crippen LogP contribution < -0.4 is 10.1 Å². The second-order valence-electron chi connectivity index (χ2n) is 4.40. The van der Waals surface area contributed by atoms with Crippen LogP contribution in [0, 0.1) is 6.92 Å². The summed E-state index contributed by atoms with van der Waals surface area (Å²) < 4.78 is 10.8. The molecule has 0 bridgehead atoms. The summed E-state index contributed by atoms with van der Waals surface area (Å²) in [5.41, 5.74) is 2.08. The van der Waals surface area contributed by atoms with E-state index in [0.29, 0.717) is 19.2 Å². The third-order valence-corrected chi connectivity index (χ3v) is 2.61. The normalized spacial score (nSPS) is 10.7. The molecule has 0 amide bonds. The standard InChI is InChI=1S/C14H25N3O2/c1-4-6-15-10-13-11-16-14(17-12(13)3)19-9-8-18-7-5-2/h11,15H,4-10H2,1-3H3. The molecule has 0 aliphatic heterocycles. The zero-order valence-corrected chi connectivity index (χ0v) is 12.2. The highest BCUT2D eigenvalue weighted by molar-refractivity contribution is 5.17. The van der Waals surface area contributed by atoms with E-state index in [9.17, 15) is 0 Å². The molecule has 0 radical (unpaired) electrons. The van der Waals surface area contributed by atoms with Gasteiger partial charge in [-0.1, -0.05) is 13.8 Å². The van der Waals surface area contributed by atoms with E-state index >= 15 is 0 Å². The van der Waals surface area contributed by atoms with Crippen molar-refractivity contribution in [3.63, 3.8) is 0 Å². The second kappa shape index (κ2) is 9.69. The van der Waals surface area contributed by atoms with Gasteiger partial charge in [-0.3, -0.25) is 0 Å². The van der Waals surface area contributed by atoms with Crippen LogP contribution in [0.25, 0.3) is 0 Å². The maximum Gasteiger partial charge on any atom is 0.316 e. The molecule has 19 heavy (non-hydrogen) atoms. The van der Waals surface area contributed by atoms with E-state index in [1.807, 2.05) is 13.1 Å². The molecule has 1 heterocycles. The second-order valence-corrected chi connectivity index (χ2v) is 4.40. The van der Waals surface area contributed by atoms with Gasteiger partial charge in [0.15, 0.2) is 0 Å². The molecule has 0 aliphatic carbocycles. The Bertz CT molecular complexity index is 359. The van der Waals surface area contributed by atoms with Gasteiger partial charge in [-0.2, -0.15) is 0 Å². The Kier molecular flexibility index (Phi) is 8.09. The van der Waals surface area contributed by atoms with E-state index in [1.54, 1.807) is 0 Å². The first-order valence-electron chi connectivity index (χ1n) is 7.01. The van der Waals surface area contributed by atoms with Crippen LogP contribution in [0.15, 0.2) is 6.20 Å². The number of nitrogens with one attached hydrogen (secondary N) is 1. The van der Waals surface area contributed by atoms with Gasteiger partial charge in [0.05, 0.1) is 6.61 Å². The number of ether oxygens (including phenoxy) is 2. The van der Waals surface area contributed by atoms with Crippen molar-refractivity contribution in [2.45, 2.75) is 40.2 Å². The molecule has 0 fully saturated rings. The van der Waals surface area contributed by atoms with E-state index in [4.69, 9.17) is 9.47 Å². The number of hydrogen-bond acceptors (Lipinski definition) is 5. The highest BCUT2D eigenvalue weighted by atomic mass is 16.5. The number of rotatable bonds is 10. The fourth-order valence-corrected chi connectivity index (χ4v) is 1.55. The van der Waals surface area contributed by atoms with Crippen molar-refractivity contribution in [1.29, 1.82) is 0 Å². The van der Waals surface area contributed by atoms with Crippen LogP contribution >= 0.6 is 0 Å². The maximum absolute atomic E-state index is 5.45. The van der Waals surface area contributed by atoms with Crippen molar-refractivity contribution in [1.82, 2.24) is 15.3 Å². The molecule has 0 saturated carbocycles. The van der Waals surface area contributed by atoms with Crippen molar-refractivity contribution in [2.24, 2.45) is 0 Å². The third kappa shape index (κ3) is 6.50. The van der Waals surface area contributed by atoms with Gasteiger partial charge in [-0.15, -0.1) is 0 Å². The predicted molar refractivity (Wildman–Crippen MR) is 75.4 cm³/mol. The lowest BCUT2D eigenvalue weighted by atomic mass is 10.2. The minimum atomic E-state index is 0.428. The van der Waals surface area contributed by atoms with Crippen LogP contribution in [0.1, 0.15) is 37.9 Å². The average molecular weight is 267 g/mol. The predicted octanol–water partition coefficient (Wildman–Crippen LogP) is 2.09. The van der Waals surface area contributed by atoms with Gasteiger partial charge >= 0.3 is 6.01 Å². The Morgan fingerprint density at radius 3 is 2.68 bits per heavy atom. The molecular formula is C14H25N3O2. The molecule has 0 aliphatic rings. The third-order valence-electron chi connectivity index (χ3n) is 2.61. The Morgan fingerprint density at radius 1 is 1.16 bits per heavy atom. The zero-order valence-electron chi connectivity index (χ0n) is 12.2. The van der Waals surface area contributed by atoms with Gasteiger partial charge < -0.3 is 14.8 Å². The quantitative estimate of drug-likeness (QED) is 0.658. The van der Waals surface area contributed by atoms with Crippen LogP contribution in [-0.4, -0.2) is 36.3 Å². The lowest BCUT2D eigenvalue weighted by molar-refractivity contribution is 0.0971. The summed E-state index contributed by atoms with van der Waals surface area (Å²) >= 11 is 0. The van der Waals surface area contributed by atoms with Gasteiger partial charge in [0.2, 0.25) is 0 Å². The maximum atomic E-state index is 5.45. The first-order chi connectivity index (χ1) is 9.27. The van der Waals surface area contributed by atoms with Gasteiger partial charge in [0.1, 0.15) is 6.61 Å². The van der Waals surface area contributed by atoms with Gasteiger partial charge in [0, 0.05) is 30.6 Å². The van der Waals surface area contributed by atoms with Crippen LogP contribution in [0.3, 0.4) is 0 Å². The minimum absolute atomic E-state index is 0.428. The van der Waals surface area contributed by atoms with Crippen molar-refractivity contribution in [2.75, 3.05) is 26.4 Å². The summed E-state index contributed by atoms with van der Waals surface area (Å²) in [4.78, 5) is 8.55. The van der Waals surface area contributed by atoms with Crippen LogP contribution in [0.5, 0.6) is 6.01 Å². The highest BCUT2D eigenvalue weighted by Gasteiger charge is 2.03. The van der Waals surface area contributed by atoms with Crippen LogP contribution in [0.2, 0.25) is 0 Å². The zero-order chi connectivity index (χ0) is 13.9. The van der Waals surface area contributed by atoms with E-state index < -0.39 is 0 Å². The van der Waals surface area contributed by atoms with E-state index in [1.165, 1.54) is 0 Å². The Hall–Kier alpha value is -1.20. The van der Waals surface area contributed by atoms with Crippen LogP contribution in [0.4, 0.5) is 0 Å². The minimum Gasteiger partial charge on any atom is -0.461 e. The SMILES string of the molecule is CCCNCc1cnc(OCCOCCC)nc1C.